The van der Waals surface area contributed by atoms with Gasteiger partial charge >= 0.3 is 0 Å². The SMILES string of the molecule is CC(N(C)Cc1cc(CC(C)(C)O)c2cc(-c3n[nH]c4cc(-c5ccno5)sc34)[nH]c2c1)C(C)(C)C. The topological polar surface area (TPSA) is 94.0 Å². The highest BCUT2D eigenvalue weighted by molar-refractivity contribution is 7.22. The Bertz CT molecular complexity index is 1490. The van der Waals surface area contributed by atoms with Crippen molar-refractivity contribution in [1.29, 1.82) is 0 Å². The van der Waals surface area contributed by atoms with E-state index in [2.05, 4.69) is 78.2 Å². The molecule has 0 radical (unpaired) electrons. The minimum atomic E-state index is -0.813. The first kappa shape index (κ1) is 24.7. The lowest BCUT2D eigenvalue weighted by molar-refractivity contribution is 0.0813. The number of hydrogen-bond donors (Lipinski definition) is 3. The molecule has 0 aliphatic carbocycles. The van der Waals surface area contributed by atoms with E-state index in [4.69, 9.17) is 4.52 Å². The summed E-state index contributed by atoms with van der Waals surface area (Å²) in [5, 5.41) is 23.4. The van der Waals surface area contributed by atoms with Crippen molar-refractivity contribution in [2.24, 2.45) is 5.41 Å². The van der Waals surface area contributed by atoms with Crippen LogP contribution < -0.4 is 0 Å². The number of H-pyrrole nitrogens is 2. The smallest absolute Gasteiger partial charge is 0.176 e. The van der Waals surface area contributed by atoms with Gasteiger partial charge in [0.1, 0.15) is 5.69 Å². The molecule has 8 heteroatoms. The molecule has 0 bridgehead atoms. The molecule has 0 fully saturated rings. The Morgan fingerprint density at radius 1 is 1.11 bits per heavy atom. The molecule has 0 aliphatic heterocycles. The van der Waals surface area contributed by atoms with Gasteiger partial charge < -0.3 is 14.6 Å². The number of nitrogens with one attached hydrogen (secondary N) is 2. The average Bonchev–Trinajstić information content (AvgIpc) is 3.53. The first-order valence-electron chi connectivity index (χ1n) is 12.4. The molecule has 7 nitrogen and oxygen atoms in total. The molecule has 36 heavy (non-hydrogen) atoms. The first-order valence-corrected chi connectivity index (χ1v) is 13.2. The van der Waals surface area contributed by atoms with Crippen molar-refractivity contribution >= 4 is 32.5 Å². The lowest BCUT2D eigenvalue weighted by Gasteiger charge is -2.35. The van der Waals surface area contributed by atoms with Gasteiger partial charge in [0.15, 0.2) is 5.76 Å². The second kappa shape index (κ2) is 8.87. The van der Waals surface area contributed by atoms with Gasteiger partial charge in [-0.3, -0.25) is 10.00 Å². The predicted molar refractivity (Wildman–Crippen MR) is 147 cm³/mol. The van der Waals surface area contributed by atoms with E-state index in [9.17, 15) is 5.11 Å². The highest BCUT2D eigenvalue weighted by atomic mass is 32.1. The lowest BCUT2D eigenvalue weighted by Crippen LogP contribution is -2.38. The van der Waals surface area contributed by atoms with Gasteiger partial charge in [0.25, 0.3) is 0 Å². The molecule has 0 saturated heterocycles. The van der Waals surface area contributed by atoms with E-state index in [-0.39, 0.29) is 5.41 Å². The van der Waals surface area contributed by atoms with Crippen molar-refractivity contribution in [2.75, 3.05) is 7.05 Å². The molecule has 4 heterocycles. The van der Waals surface area contributed by atoms with Crippen LogP contribution in [0.2, 0.25) is 0 Å². The van der Waals surface area contributed by atoms with Crippen LogP contribution in [-0.2, 0) is 13.0 Å². The number of aliphatic hydroxyl groups is 1. The van der Waals surface area contributed by atoms with Crippen LogP contribution in [0.1, 0.15) is 52.7 Å². The Hall–Kier alpha value is -2.94. The van der Waals surface area contributed by atoms with Gasteiger partial charge in [0, 0.05) is 36.0 Å². The van der Waals surface area contributed by atoms with Gasteiger partial charge in [0.2, 0.25) is 0 Å². The maximum absolute atomic E-state index is 10.7. The van der Waals surface area contributed by atoms with Crippen molar-refractivity contribution < 1.29 is 9.63 Å². The highest BCUT2D eigenvalue weighted by Gasteiger charge is 2.25. The summed E-state index contributed by atoms with van der Waals surface area (Å²) in [4.78, 5) is 7.03. The fourth-order valence-electron chi connectivity index (χ4n) is 4.76. The monoisotopic (exact) mass is 505 g/mol. The van der Waals surface area contributed by atoms with E-state index in [0.29, 0.717) is 12.5 Å². The molecule has 1 aromatic carbocycles. The zero-order valence-electron chi connectivity index (χ0n) is 22.1. The Labute approximate surface area is 215 Å². The fraction of sp³-hybridized carbons (Fsp3) is 0.429. The highest BCUT2D eigenvalue weighted by Crippen LogP contribution is 2.39. The van der Waals surface area contributed by atoms with Crippen molar-refractivity contribution in [3.63, 3.8) is 0 Å². The molecule has 0 spiro atoms. The number of hydrogen-bond acceptors (Lipinski definition) is 6. The van der Waals surface area contributed by atoms with Crippen molar-refractivity contribution in [1.82, 2.24) is 25.2 Å². The minimum absolute atomic E-state index is 0.185. The normalized spacial score (nSPS) is 13.9. The van der Waals surface area contributed by atoms with Gasteiger partial charge in [-0.15, -0.1) is 11.3 Å². The van der Waals surface area contributed by atoms with Crippen LogP contribution >= 0.6 is 11.3 Å². The van der Waals surface area contributed by atoms with Crippen LogP contribution in [0.3, 0.4) is 0 Å². The second-order valence-corrected chi connectivity index (χ2v) is 12.7. The molecule has 5 rings (SSSR count). The van der Waals surface area contributed by atoms with Crippen LogP contribution in [0.5, 0.6) is 0 Å². The lowest BCUT2D eigenvalue weighted by atomic mass is 9.87. The average molecular weight is 506 g/mol. The van der Waals surface area contributed by atoms with Crippen molar-refractivity contribution in [3.05, 3.63) is 47.7 Å². The molecule has 4 aromatic heterocycles. The third-order valence-corrected chi connectivity index (χ3v) is 8.18. The number of benzene rings is 1. The number of aromatic nitrogens is 4. The summed E-state index contributed by atoms with van der Waals surface area (Å²) in [6, 6.07) is 11.0. The third-order valence-electron chi connectivity index (χ3n) is 7.02. The molecule has 5 aromatic rings. The van der Waals surface area contributed by atoms with Crippen LogP contribution in [0.25, 0.3) is 43.1 Å². The Morgan fingerprint density at radius 2 is 1.89 bits per heavy atom. The van der Waals surface area contributed by atoms with Gasteiger partial charge in [-0.05, 0) is 62.6 Å². The summed E-state index contributed by atoms with van der Waals surface area (Å²) >= 11 is 1.63. The summed E-state index contributed by atoms with van der Waals surface area (Å²) in [6.45, 7) is 13.7. The largest absolute Gasteiger partial charge is 0.390 e. The van der Waals surface area contributed by atoms with Crippen molar-refractivity contribution in [2.45, 2.75) is 66.2 Å². The Kier molecular flexibility index (Phi) is 6.09. The summed E-state index contributed by atoms with van der Waals surface area (Å²) in [5.41, 5.74) is 5.59. The van der Waals surface area contributed by atoms with Crippen molar-refractivity contribution in [3.8, 4) is 22.0 Å². The zero-order chi connectivity index (χ0) is 25.8. The molecule has 190 valence electrons. The summed E-state index contributed by atoms with van der Waals surface area (Å²) < 4.78 is 6.41. The number of rotatable bonds is 7. The number of thiophene rings is 1. The van der Waals surface area contributed by atoms with E-state index in [1.165, 1.54) is 5.56 Å². The standard InChI is InChI=1S/C28H35N5O2S/c1-16(27(2,3)4)33(7)15-17-10-18(14-28(5,6)34)19-12-21(30-20(19)11-17)25-26-22(31-32-25)13-24(36-26)23-8-9-29-35-23/h8-13,16,30,34H,14-15H2,1-7H3,(H,31,32). The number of aromatic amines is 2. The van der Waals surface area contributed by atoms with Gasteiger partial charge in [0.05, 0.1) is 32.6 Å². The van der Waals surface area contributed by atoms with E-state index in [1.54, 1.807) is 17.5 Å². The van der Waals surface area contributed by atoms with E-state index in [0.717, 1.165) is 55.3 Å². The molecule has 0 amide bonds. The molecule has 0 saturated carbocycles. The number of fused-ring (bicyclic) bond motifs is 2. The van der Waals surface area contributed by atoms with Crippen LogP contribution in [-0.4, -0.2) is 49.0 Å². The second-order valence-electron chi connectivity index (χ2n) is 11.6. The maximum Gasteiger partial charge on any atom is 0.176 e. The Morgan fingerprint density at radius 3 is 2.56 bits per heavy atom. The summed E-state index contributed by atoms with van der Waals surface area (Å²) in [7, 11) is 2.18. The zero-order valence-corrected chi connectivity index (χ0v) is 22.9. The van der Waals surface area contributed by atoms with Crippen LogP contribution in [0.15, 0.2) is 41.1 Å². The predicted octanol–water partition coefficient (Wildman–Crippen LogP) is 6.61. The van der Waals surface area contributed by atoms with E-state index in [1.807, 2.05) is 26.0 Å². The summed E-state index contributed by atoms with van der Waals surface area (Å²) in [5.74, 6) is 0.748. The summed E-state index contributed by atoms with van der Waals surface area (Å²) in [6.07, 6.45) is 2.22. The first-order chi connectivity index (χ1) is 16.9. The molecular weight excluding hydrogens is 470 g/mol. The van der Waals surface area contributed by atoms with Gasteiger partial charge in [-0.25, -0.2) is 0 Å². The molecule has 1 atom stereocenters. The molecular formula is C28H35N5O2S. The quantitative estimate of drug-likeness (QED) is 0.231. The van der Waals surface area contributed by atoms with Gasteiger partial charge in [-0.1, -0.05) is 32.0 Å². The van der Waals surface area contributed by atoms with E-state index >= 15 is 0 Å². The van der Waals surface area contributed by atoms with E-state index < -0.39 is 5.60 Å². The minimum Gasteiger partial charge on any atom is -0.390 e. The third kappa shape index (κ3) is 4.85. The molecule has 0 aliphatic rings. The fourth-order valence-corrected chi connectivity index (χ4v) is 5.83. The van der Waals surface area contributed by atoms with Crippen LogP contribution in [0, 0.1) is 5.41 Å². The number of nitrogens with zero attached hydrogens (tertiary/aromatic N) is 3. The molecule has 1 unspecified atom stereocenters. The maximum atomic E-state index is 10.7. The molecule has 3 N–H and O–H groups in total. The van der Waals surface area contributed by atoms with Gasteiger partial charge in [-0.2, -0.15) is 5.10 Å². The Balaban J connectivity index is 1.56. The van der Waals surface area contributed by atoms with Crippen LogP contribution in [0.4, 0.5) is 0 Å².